The molecule has 148 valence electrons. The van der Waals surface area contributed by atoms with E-state index in [1.54, 1.807) is 6.07 Å². The fraction of sp³-hybridized carbons (Fsp3) is 0.227. The number of rotatable bonds is 5. The van der Waals surface area contributed by atoms with E-state index in [2.05, 4.69) is 16.8 Å². The Labute approximate surface area is 168 Å². The Hall–Kier alpha value is -3.45. The van der Waals surface area contributed by atoms with Gasteiger partial charge in [-0.1, -0.05) is 6.08 Å². The molecule has 2 aromatic rings. The Kier molecular flexibility index (Phi) is 5.14. The number of carbonyl (C=O) groups is 3. The number of nitrogens with zero attached hydrogens (tertiary/aromatic N) is 2. The van der Waals surface area contributed by atoms with Crippen molar-refractivity contribution in [2.75, 3.05) is 43.1 Å². The van der Waals surface area contributed by atoms with Gasteiger partial charge in [0.25, 0.3) is 17.7 Å². The van der Waals surface area contributed by atoms with E-state index in [4.69, 9.17) is 4.74 Å². The fourth-order valence-electron chi connectivity index (χ4n) is 3.51. The number of benzene rings is 2. The van der Waals surface area contributed by atoms with Crippen LogP contribution in [0.25, 0.3) is 0 Å². The Bertz CT molecular complexity index is 978. The average Bonchev–Trinajstić information content (AvgIpc) is 2.99. The minimum atomic E-state index is -0.408. The molecule has 0 saturated carbocycles. The normalized spacial score (nSPS) is 16.0. The number of imide groups is 1. The summed E-state index contributed by atoms with van der Waals surface area (Å²) in [7, 11) is 0. The first kappa shape index (κ1) is 18.9. The van der Waals surface area contributed by atoms with Gasteiger partial charge in [0, 0.05) is 36.6 Å². The Morgan fingerprint density at radius 1 is 1.03 bits per heavy atom. The van der Waals surface area contributed by atoms with Crippen LogP contribution in [0, 0.1) is 0 Å². The third kappa shape index (κ3) is 3.64. The lowest BCUT2D eigenvalue weighted by Crippen LogP contribution is -2.36. The van der Waals surface area contributed by atoms with E-state index in [0.29, 0.717) is 30.0 Å². The zero-order valence-electron chi connectivity index (χ0n) is 15.9. The summed E-state index contributed by atoms with van der Waals surface area (Å²) in [6, 6.07) is 12.1. The van der Waals surface area contributed by atoms with Gasteiger partial charge in [-0.3, -0.25) is 19.3 Å². The third-order valence-corrected chi connectivity index (χ3v) is 5.05. The molecule has 0 unspecified atom stereocenters. The molecule has 1 saturated heterocycles. The number of hydrogen-bond donors (Lipinski definition) is 1. The predicted molar refractivity (Wildman–Crippen MR) is 109 cm³/mol. The standard InChI is InChI=1S/C22H21N3O4/c1-2-9-25-21(27)18-8-3-15(14-19(18)22(25)28)20(26)23-16-4-6-17(7-5-16)24-10-12-29-13-11-24/h2-8,14H,1,9-13H2,(H,23,26). The number of fused-ring (bicyclic) bond motifs is 1. The molecule has 7 heteroatoms. The van der Waals surface area contributed by atoms with E-state index in [-0.39, 0.29) is 23.9 Å². The van der Waals surface area contributed by atoms with Gasteiger partial charge in [-0.25, -0.2) is 0 Å². The van der Waals surface area contributed by atoms with Gasteiger partial charge in [0.1, 0.15) is 0 Å². The highest BCUT2D eigenvalue weighted by molar-refractivity contribution is 6.22. The van der Waals surface area contributed by atoms with Crippen molar-refractivity contribution in [3.8, 4) is 0 Å². The molecule has 0 spiro atoms. The Morgan fingerprint density at radius 3 is 2.41 bits per heavy atom. The Morgan fingerprint density at radius 2 is 1.72 bits per heavy atom. The van der Waals surface area contributed by atoms with Gasteiger partial charge in [0.15, 0.2) is 0 Å². The van der Waals surface area contributed by atoms with Gasteiger partial charge < -0.3 is 15.0 Å². The largest absolute Gasteiger partial charge is 0.378 e. The summed E-state index contributed by atoms with van der Waals surface area (Å²) < 4.78 is 5.36. The van der Waals surface area contributed by atoms with E-state index in [0.717, 1.165) is 23.7 Å². The van der Waals surface area contributed by atoms with E-state index in [1.165, 1.54) is 18.2 Å². The SMILES string of the molecule is C=CCN1C(=O)c2ccc(C(=O)Nc3ccc(N4CCOCC4)cc3)cc2C1=O. The van der Waals surface area contributed by atoms with Crippen molar-refractivity contribution in [2.45, 2.75) is 0 Å². The fourth-order valence-corrected chi connectivity index (χ4v) is 3.51. The van der Waals surface area contributed by atoms with Crippen molar-refractivity contribution >= 4 is 29.1 Å². The summed E-state index contributed by atoms with van der Waals surface area (Å²) in [5, 5.41) is 2.83. The van der Waals surface area contributed by atoms with Crippen LogP contribution >= 0.6 is 0 Å². The van der Waals surface area contributed by atoms with E-state index < -0.39 is 5.91 Å². The highest BCUT2D eigenvalue weighted by atomic mass is 16.5. The molecular formula is C22H21N3O4. The molecule has 2 aliphatic heterocycles. The third-order valence-electron chi connectivity index (χ3n) is 5.05. The number of ether oxygens (including phenoxy) is 1. The van der Waals surface area contributed by atoms with Gasteiger partial charge in [-0.05, 0) is 42.5 Å². The predicted octanol–water partition coefficient (Wildman–Crippen LogP) is 2.56. The van der Waals surface area contributed by atoms with Crippen molar-refractivity contribution in [2.24, 2.45) is 0 Å². The average molecular weight is 391 g/mol. The molecule has 2 aromatic carbocycles. The maximum atomic E-state index is 12.6. The van der Waals surface area contributed by atoms with Gasteiger partial charge >= 0.3 is 0 Å². The second-order valence-corrected chi connectivity index (χ2v) is 6.87. The van der Waals surface area contributed by atoms with Crippen LogP contribution in [-0.4, -0.2) is 55.5 Å². The Balaban J connectivity index is 1.48. The van der Waals surface area contributed by atoms with Gasteiger partial charge in [0.05, 0.1) is 24.3 Å². The van der Waals surface area contributed by atoms with Crippen molar-refractivity contribution < 1.29 is 19.1 Å². The molecule has 0 radical (unpaired) electrons. The lowest BCUT2D eigenvalue weighted by Gasteiger charge is -2.28. The molecule has 2 aliphatic rings. The first-order chi connectivity index (χ1) is 14.1. The second kappa shape index (κ2) is 7.89. The van der Waals surface area contributed by atoms with Crippen LogP contribution in [0.2, 0.25) is 0 Å². The molecule has 0 atom stereocenters. The maximum absolute atomic E-state index is 12.6. The summed E-state index contributed by atoms with van der Waals surface area (Å²) in [5.74, 6) is -1.11. The molecule has 0 bridgehead atoms. The van der Waals surface area contributed by atoms with Crippen molar-refractivity contribution in [1.29, 1.82) is 0 Å². The number of amides is 3. The van der Waals surface area contributed by atoms with Gasteiger partial charge in [0.2, 0.25) is 0 Å². The van der Waals surface area contributed by atoms with Crippen molar-refractivity contribution in [3.63, 3.8) is 0 Å². The molecule has 4 rings (SSSR count). The molecule has 29 heavy (non-hydrogen) atoms. The molecule has 0 aromatic heterocycles. The number of hydrogen-bond acceptors (Lipinski definition) is 5. The molecule has 1 N–H and O–H groups in total. The highest BCUT2D eigenvalue weighted by Crippen LogP contribution is 2.25. The summed E-state index contributed by atoms with van der Waals surface area (Å²) >= 11 is 0. The summed E-state index contributed by atoms with van der Waals surface area (Å²) in [6.45, 7) is 6.82. The number of anilines is 2. The van der Waals surface area contributed by atoms with E-state index in [9.17, 15) is 14.4 Å². The van der Waals surface area contributed by atoms with Crippen LogP contribution in [-0.2, 0) is 4.74 Å². The van der Waals surface area contributed by atoms with E-state index >= 15 is 0 Å². The minimum Gasteiger partial charge on any atom is -0.378 e. The van der Waals surface area contributed by atoms with Crippen LogP contribution < -0.4 is 10.2 Å². The maximum Gasteiger partial charge on any atom is 0.261 e. The molecule has 0 aliphatic carbocycles. The summed E-state index contributed by atoms with van der Waals surface area (Å²) in [4.78, 5) is 40.7. The molecule has 2 heterocycles. The number of morpholine rings is 1. The van der Waals surface area contributed by atoms with Crippen LogP contribution in [0.4, 0.5) is 11.4 Å². The number of carbonyl (C=O) groups excluding carboxylic acids is 3. The lowest BCUT2D eigenvalue weighted by atomic mass is 10.1. The second-order valence-electron chi connectivity index (χ2n) is 6.87. The van der Waals surface area contributed by atoms with Crippen LogP contribution in [0.3, 0.4) is 0 Å². The summed E-state index contributed by atoms with van der Waals surface area (Å²) in [5.41, 5.74) is 2.61. The summed E-state index contributed by atoms with van der Waals surface area (Å²) in [6.07, 6.45) is 1.50. The number of nitrogens with one attached hydrogen (secondary N) is 1. The molecule has 1 fully saturated rings. The first-order valence-corrected chi connectivity index (χ1v) is 9.44. The van der Waals surface area contributed by atoms with Crippen LogP contribution in [0.15, 0.2) is 55.1 Å². The van der Waals surface area contributed by atoms with Gasteiger partial charge in [-0.2, -0.15) is 0 Å². The monoisotopic (exact) mass is 391 g/mol. The molecule has 7 nitrogen and oxygen atoms in total. The zero-order valence-corrected chi connectivity index (χ0v) is 15.9. The molecular weight excluding hydrogens is 370 g/mol. The highest BCUT2D eigenvalue weighted by Gasteiger charge is 2.35. The lowest BCUT2D eigenvalue weighted by molar-refractivity contribution is 0.0672. The smallest absolute Gasteiger partial charge is 0.261 e. The first-order valence-electron chi connectivity index (χ1n) is 9.44. The van der Waals surface area contributed by atoms with Crippen LogP contribution in [0.5, 0.6) is 0 Å². The van der Waals surface area contributed by atoms with Crippen molar-refractivity contribution in [3.05, 3.63) is 71.8 Å². The van der Waals surface area contributed by atoms with Crippen LogP contribution in [0.1, 0.15) is 31.1 Å². The van der Waals surface area contributed by atoms with Gasteiger partial charge in [-0.15, -0.1) is 6.58 Å². The zero-order chi connectivity index (χ0) is 20.4. The van der Waals surface area contributed by atoms with Crippen molar-refractivity contribution in [1.82, 2.24) is 4.90 Å². The molecule has 3 amide bonds. The van der Waals surface area contributed by atoms with E-state index in [1.807, 2.05) is 24.3 Å². The topological polar surface area (TPSA) is 79.0 Å². The quantitative estimate of drug-likeness (QED) is 0.626. The minimum absolute atomic E-state index is 0.142.